The van der Waals surface area contributed by atoms with Gasteiger partial charge in [-0.15, -0.1) is 0 Å². The SMILES string of the molecule is C1CCNC1.O=c1cccc[nH]1. The number of hydrogen-bond donors (Lipinski definition) is 2. The highest BCUT2D eigenvalue weighted by atomic mass is 16.1. The molecule has 1 aliphatic rings. The van der Waals surface area contributed by atoms with E-state index in [0.29, 0.717) is 0 Å². The lowest BCUT2D eigenvalue weighted by atomic mass is 10.4. The molecule has 66 valence electrons. The summed E-state index contributed by atoms with van der Waals surface area (Å²) in [7, 11) is 0. The zero-order chi connectivity index (χ0) is 8.65. The Kier molecular flexibility index (Phi) is 4.16. The van der Waals surface area contributed by atoms with E-state index in [0.717, 1.165) is 0 Å². The van der Waals surface area contributed by atoms with Gasteiger partial charge in [-0.1, -0.05) is 6.07 Å². The molecule has 2 heterocycles. The fourth-order valence-corrected chi connectivity index (χ4v) is 1.00. The van der Waals surface area contributed by atoms with Gasteiger partial charge >= 0.3 is 0 Å². The minimum Gasteiger partial charge on any atom is -0.329 e. The van der Waals surface area contributed by atoms with Gasteiger partial charge in [-0.2, -0.15) is 0 Å². The summed E-state index contributed by atoms with van der Waals surface area (Å²) in [6, 6.07) is 4.93. The number of rotatable bonds is 0. The van der Waals surface area contributed by atoms with E-state index in [4.69, 9.17) is 0 Å². The van der Waals surface area contributed by atoms with Crippen LogP contribution in [0.25, 0.3) is 0 Å². The highest BCUT2D eigenvalue weighted by Crippen LogP contribution is 1.90. The number of H-pyrrole nitrogens is 1. The average Bonchev–Trinajstić information content (AvgIpc) is 2.62. The number of hydrogen-bond acceptors (Lipinski definition) is 2. The van der Waals surface area contributed by atoms with Crippen LogP contribution in [0, 0.1) is 0 Å². The van der Waals surface area contributed by atoms with Gasteiger partial charge in [0.2, 0.25) is 5.56 Å². The molecule has 0 radical (unpaired) electrons. The number of aromatic amines is 1. The van der Waals surface area contributed by atoms with Crippen LogP contribution in [-0.4, -0.2) is 18.1 Å². The van der Waals surface area contributed by atoms with Crippen molar-refractivity contribution in [3.63, 3.8) is 0 Å². The maximum absolute atomic E-state index is 10.2. The van der Waals surface area contributed by atoms with Crippen molar-refractivity contribution in [1.29, 1.82) is 0 Å². The van der Waals surface area contributed by atoms with Crippen molar-refractivity contribution in [2.45, 2.75) is 12.8 Å². The number of nitrogens with one attached hydrogen (secondary N) is 2. The van der Waals surface area contributed by atoms with Gasteiger partial charge in [-0.25, -0.2) is 0 Å². The highest BCUT2D eigenvalue weighted by molar-refractivity contribution is 4.89. The monoisotopic (exact) mass is 166 g/mol. The Bertz CT molecular complexity index is 228. The van der Waals surface area contributed by atoms with Crippen molar-refractivity contribution in [2.75, 3.05) is 13.1 Å². The molecule has 0 aliphatic carbocycles. The Labute approximate surface area is 71.8 Å². The summed E-state index contributed by atoms with van der Waals surface area (Å²) >= 11 is 0. The molecular weight excluding hydrogens is 152 g/mol. The first-order valence-corrected chi connectivity index (χ1v) is 4.24. The second-order valence-electron chi connectivity index (χ2n) is 2.68. The summed E-state index contributed by atoms with van der Waals surface area (Å²) in [6.07, 6.45) is 4.38. The van der Waals surface area contributed by atoms with Crippen molar-refractivity contribution < 1.29 is 0 Å². The second kappa shape index (κ2) is 5.55. The Hall–Kier alpha value is -1.09. The van der Waals surface area contributed by atoms with Crippen LogP contribution in [0.1, 0.15) is 12.8 Å². The standard InChI is InChI=1S/C5H5NO.C4H9N/c7-5-3-1-2-4-6-5;1-2-4-5-3-1/h1-4H,(H,6,7);5H,1-4H2. The normalized spacial score (nSPS) is 15.0. The Morgan fingerprint density at radius 1 is 1.17 bits per heavy atom. The average molecular weight is 166 g/mol. The van der Waals surface area contributed by atoms with Crippen LogP contribution in [0.4, 0.5) is 0 Å². The molecule has 0 aromatic carbocycles. The van der Waals surface area contributed by atoms with E-state index in [1.54, 1.807) is 18.3 Å². The lowest BCUT2D eigenvalue weighted by Gasteiger charge is -1.76. The summed E-state index contributed by atoms with van der Waals surface area (Å²) < 4.78 is 0. The minimum absolute atomic E-state index is 0.0532. The Morgan fingerprint density at radius 2 is 1.92 bits per heavy atom. The molecule has 0 bridgehead atoms. The molecule has 3 heteroatoms. The fraction of sp³-hybridized carbons (Fsp3) is 0.444. The summed E-state index contributed by atoms with van der Waals surface area (Å²) in [4.78, 5) is 12.7. The lowest BCUT2D eigenvalue weighted by Crippen LogP contribution is -2.03. The topological polar surface area (TPSA) is 44.9 Å². The summed E-state index contributed by atoms with van der Waals surface area (Å²) in [5.74, 6) is 0. The predicted octanol–water partition coefficient (Wildman–Crippen LogP) is 0.745. The van der Waals surface area contributed by atoms with Gasteiger partial charge in [-0.3, -0.25) is 4.79 Å². The van der Waals surface area contributed by atoms with Crippen molar-refractivity contribution >= 4 is 0 Å². The van der Waals surface area contributed by atoms with Crippen LogP contribution >= 0.6 is 0 Å². The van der Waals surface area contributed by atoms with E-state index in [-0.39, 0.29) is 5.56 Å². The maximum atomic E-state index is 10.2. The first-order chi connectivity index (χ1) is 5.89. The van der Waals surface area contributed by atoms with Gasteiger partial charge in [0, 0.05) is 12.3 Å². The largest absolute Gasteiger partial charge is 0.329 e. The van der Waals surface area contributed by atoms with Gasteiger partial charge in [0.1, 0.15) is 0 Å². The van der Waals surface area contributed by atoms with Crippen molar-refractivity contribution in [1.82, 2.24) is 10.3 Å². The third kappa shape index (κ3) is 3.93. The quantitative estimate of drug-likeness (QED) is 0.597. The third-order valence-electron chi connectivity index (χ3n) is 1.64. The van der Waals surface area contributed by atoms with Crippen molar-refractivity contribution in [3.05, 3.63) is 34.7 Å². The molecule has 12 heavy (non-hydrogen) atoms. The van der Waals surface area contributed by atoms with Crippen LogP contribution in [0.2, 0.25) is 0 Å². The van der Waals surface area contributed by atoms with E-state index in [1.165, 1.54) is 32.0 Å². The molecule has 1 aliphatic heterocycles. The van der Waals surface area contributed by atoms with Gasteiger partial charge in [-0.05, 0) is 32.0 Å². The molecule has 0 amide bonds. The van der Waals surface area contributed by atoms with E-state index >= 15 is 0 Å². The van der Waals surface area contributed by atoms with Gasteiger partial charge in [0.05, 0.1) is 0 Å². The maximum Gasteiger partial charge on any atom is 0.247 e. The molecule has 1 fully saturated rings. The van der Waals surface area contributed by atoms with E-state index in [1.807, 2.05) is 0 Å². The molecule has 1 saturated heterocycles. The number of aromatic nitrogens is 1. The molecule has 0 unspecified atom stereocenters. The van der Waals surface area contributed by atoms with E-state index in [2.05, 4.69) is 10.3 Å². The zero-order valence-corrected chi connectivity index (χ0v) is 7.05. The number of pyridine rings is 1. The first kappa shape index (κ1) is 9.00. The van der Waals surface area contributed by atoms with Crippen LogP contribution in [0.3, 0.4) is 0 Å². The van der Waals surface area contributed by atoms with Gasteiger partial charge < -0.3 is 10.3 Å². The van der Waals surface area contributed by atoms with Crippen LogP contribution in [-0.2, 0) is 0 Å². The van der Waals surface area contributed by atoms with E-state index in [9.17, 15) is 4.79 Å². The molecule has 2 rings (SSSR count). The van der Waals surface area contributed by atoms with Crippen LogP contribution in [0.5, 0.6) is 0 Å². The second-order valence-corrected chi connectivity index (χ2v) is 2.68. The molecule has 0 atom stereocenters. The molecule has 0 saturated carbocycles. The molecule has 3 nitrogen and oxygen atoms in total. The predicted molar refractivity (Wildman–Crippen MR) is 49.2 cm³/mol. The third-order valence-corrected chi connectivity index (χ3v) is 1.64. The zero-order valence-electron chi connectivity index (χ0n) is 7.05. The van der Waals surface area contributed by atoms with Gasteiger partial charge in [0.25, 0.3) is 0 Å². The summed E-state index contributed by atoms with van der Waals surface area (Å²) in [6.45, 7) is 2.50. The highest BCUT2D eigenvalue weighted by Gasteiger charge is 1.93. The van der Waals surface area contributed by atoms with Gasteiger partial charge in [0.15, 0.2) is 0 Å². The van der Waals surface area contributed by atoms with E-state index < -0.39 is 0 Å². The fourth-order valence-electron chi connectivity index (χ4n) is 1.00. The minimum atomic E-state index is -0.0532. The van der Waals surface area contributed by atoms with Crippen LogP contribution < -0.4 is 10.9 Å². The Balaban J connectivity index is 0.000000127. The molecule has 2 N–H and O–H groups in total. The lowest BCUT2D eigenvalue weighted by molar-refractivity contribution is 0.857. The van der Waals surface area contributed by atoms with Crippen molar-refractivity contribution in [2.24, 2.45) is 0 Å². The van der Waals surface area contributed by atoms with Crippen molar-refractivity contribution in [3.8, 4) is 0 Å². The Morgan fingerprint density at radius 3 is 2.17 bits per heavy atom. The molecule has 1 aromatic heterocycles. The molecule has 1 aromatic rings. The smallest absolute Gasteiger partial charge is 0.247 e. The first-order valence-electron chi connectivity index (χ1n) is 4.24. The summed E-state index contributed by atoms with van der Waals surface area (Å²) in [5, 5.41) is 3.22. The molecule has 0 spiro atoms. The summed E-state index contributed by atoms with van der Waals surface area (Å²) in [5.41, 5.74) is -0.0532. The molecular formula is C9H14N2O. The van der Waals surface area contributed by atoms with Crippen LogP contribution in [0.15, 0.2) is 29.2 Å².